The smallest absolute Gasteiger partial charge is 0.307 e. The van der Waals surface area contributed by atoms with Crippen molar-refractivity contribution < 1.29 is 19.7 Å². The highest BCUT2D eigenvalue weighted by atomic mass is 32.2. The van der Waals surface area contributed by atoms with E-state index in [4.69, 9.17) is 9.84 Å². The average Bonchev–Trinajstić information content (AvgIpc) is 2.43. The van der Waals surface area contributed by atoms with Gasteiger partial charge in [0.1, 0.15) is 11.5 Å². The highest BCUT2D eigenvalue weighted by Crippen LogP contribution is 2.32. The molecule has 0 radical (unpaired) electrons. The molecule has 2 rings (SSSR count). The molecule has 0 fully saturated rings. The van der Waals surface area contributed by atoms with Crippen LogP contribution >= 0.6 is 11.8 Å². The number of rotatable bonds is 5. The van der Waals surface area contributed by atoms with Gasteiger partial charge in [0.25, 0.3) is 0 Å². The Bertz CT molecular complexity index is 608. The minimum atomic E-state index is -0.966. The molecule has 2 N–H and O–H groups in total. The first-order chi connectivity index (χ1) is 9.58. The fourth-order valence-corrected chi connectivity index (χ4v) is 2.59. The first kappa shape index (κ1) is 14.3. The topological polar surface area (TPSA) is 66.8 Å². The van der Waals surface area contributed by atoms with Crippen molar-refractivity contribution in [1.29, 1.82) is 0 Å². The Morgan fingerprint density at radius 3 is 2.40 bits per heavy atom. The van der Waals surface area contributed by atoms with Gasteiger partial charge in [-0.15, -0.1) is 0 Å². The van der Waals surface area contributed by atoms with Crippen molar-refractivity contribution in [3.63, 3.8) is 0 Å². The summed E-state index contributed by atoms with van der Waals surface area (Å²) < 4.78 is 5.09. The van der Waals surface area contributed by atoms with Crippen LogP contribution in [0.3, 0.4) is 0 Å². The number of carbonyl (C=O) groups is 1. The van der Waals surface area contributed by atoms with E-state index in [1.165, 1.54) is 17.8 Å². The van der Waals surface area contributed by atoms with E-state index in [9.17, 15) is 9.90 Å². The maximum Gasteiger partial charge on any atom is 0.307 e. The lowest BCUT2D eigenvalue weighted by Gasteiger charge is -2.07. The number of hydrogen-bond acceptors (Lipinski definition) is 4. The first-order valence-corrected chi connectivity index (χ1v) is 6.75. The maximum atomic E-state index is 10.7. The van der Waals surface area contributed by atoms with E-state index in [0.29, 0.717) is 5.56 Å². The van der Waals surface area contributed by atoms with Crippen LogP contribution in [0.5, 0.6) is 11.5 Å². The second-order valence-corrected chi connectivity index (χ2v) is 5.29. The van der Waals surface area contributed by atoms with Gasteiger partial charge in [-0.2, -0.15) is 0 Å². The van der Waals surface area contributed by atoms with Crippen LogP contribution in [0.15, 0.2) is 52.3 Å². The monoisotopic (exact) mass is 290 g/mol. The third kappa shape index (κ3) is 3.68. The zero-order valence-electron chi connectivity index (χ0n) is 10.9. The second kappa shape index (κ2) is 6.34. The van der Waals surface area contributed by atoms with Gasteiger partial charge >= 0.3 is 5.97 Å². The summed E-state index contributed by atoms with van der Waals surface area (Å²) in [5.41, 5.74) is 0.413. The summed E-state index contributed by atoms with van der Waals surface area (Å²) >= 11 is 1.50. The van der Waals surface area contributed by atoms with Crippen LogP contribution in [-0.4, -0.2) is 23.3 Å². The zero-order chi connectivity index (χ0) is 14.5. The molecule has 0 saturated heterocycles. The molecular formula is C15H14O4S. The molecule has 104 valence electrons. The van der Waals surface area contributed by atoms with Gasteiger partial charge in [-0.3, -0.25) is 4.79 Å². The molecule has 0 saturated carbocycles. The van der Waals surface area contributed by atoms with Crippen molar-refractivity contribution >= 4 is 17.7 Å². The van der Waals surface area contributed by atoms with E-state index in [2.05, 4.69) is 0 Å². The normalized spacial score (nSPS) is 10.2. The van der Waals surface area contributed by atoms with Crippen molar-refractivity contribution in [1.82, 2.24) is 0 Å². The van der Waals surface area contributed by atoms with Crippen LogP contribution in [0.1, 0.15) is 5.56 Å². The molecule has 0 bridgehead atoms. The van der Waals surface area contributed by atoms with Gasteiger partial charge < -0.3 is 14.9 Å². The van der Waals surface area contributed by atoms with E-state index in [1.54, 1.807) is 19.2 Å². The third-order valence-corrected chi connectivity index (χ3v) is 3.69. The lowest BCUT2D eigenvalue weighted by molar-refractivity contribution is -0.136. The fraction of sp³-hybridized carbons (Fsp3) is 0.133. The Morgan fingerprint density at radius 1 is 1.15 bits per heavy atom. The minimum Gasteiger partial charge on any atom is -0.508 e. The quantitative estimate of drug-likeness (QED) is 0.885. The number of ether oxygens (including phenoxy) is 1. The van der Waals surface area contributed by atoms with Crippen LogP contribution in [0.2, 0.25) is 0 Å². The molecular weight excluding hydrogens is 276 g/mol. The van der Waals surface area contributed by atoms with Crippen LogP contribution < -0.4 is 4.74 Å². The Labute approximate surface area is 121 Å². The molecule has 0 atom stereocenters. The van der Waals surface area contributed by atoms with Crippen molar-refractivity contribution in [3.05, 3.63) is 48.0 Å². The number of benzene rings is 2. The average molecular weight is 290 g/mol. The van der Waals surface area contributed by atoms with Gasteiger partial charge in [-0.1, -0.05) is 11.8 Å². The number of phenolic OH excluding ortho intramolecular Hbond substituents is 1. The van der Waals surface area contributed by atoms with E-state index < -0.39 is 5.97 Å². The van der Waals surface area contributed by atoms with Crippen LogP contribution in [0, 0.1) is 0 Å². The fourth-order valence-electron chi connectivity index (χ4n) is 1.71. The van der Waals surface area contributed by atoms with E-state index in [1.807, 2.05) is 24.3 Å². The SMILES string of the molecule is COc1ccc(Sc2ccc(O)c(CC(=O)O)c2)cc1. The zero-order valence-corrected chi connectivity index (χ0v) is 11.7. The van der Waals surface area contributed by atoms with Crippen molar-refractivity contribution in [2.45, 2.75) is 16.2 Å². The van der Waals surface area contributed by atoms with Crippen molar-refractivity contribution in [2.24, 2.45) is 0 Å². The summed E-state index contributed by atoms with van der Waals surface area (Å²) in [6.45, 7) is 0. The number of carboxylic acid groups (broad SMARTS) is 1. The Morgan fingerprint density at radius 2 is 1.80 bits per heavy atom. The maximum absolute atomic E-state index is 10.7. The second-order valence-electron chi connectivity index (χ2n) is 4.14. The van der Waals surface area contributed by atoms with Crippen LogP contribution in [-0.2, 0) is 11.2 Å². The molecule has 0 spiro atoms. The highest BCUT2D eigenvalue weighted by Gasteiger charge is 2.08. The molecule has 0 aromatic heterocycles. The van der Waals surface area contributed by atoms with Crippen LogP contribution in [0.25, 0.3) is 0 Å². The number of phenols is 1. The standard InChI is InChI=1S/C15H14O4S/c1-19-11-2-4-12(5-3-11)20-13-6-7-14(16)10(8-13)9-15(17)18/h2-8,16H,9H2,1H3,(H,17,18). The predicted molar refractivity (Wildman–Crippen MR) is 76.6 cm³/mol. The van der Waals surface area contributed by atoms with E-state index in [0.717, 1.165) is 15.5 Å². The lowest BCUT2D eigenvalue weighted by atomic mass is 10.1. The summed E-state index contributed by atoms with van der Waals surface area (Å²) in [7, 11) is 1.61. The molecule has 0 unspecified atom stereocenters. The summed E-state index contributed by atoms with van der Waals surface area (Å²) in [5, 5.41) is 18.4. The van der Waals surface area contributed by atoms with E-state index in [-0.39, 0.29) is 12.2 Å². The summed E-state index contributed by atoms with van der Waals surface area (Å²) in [5.74, 6) is -0.176. The molecule has 5 heteroatoms. The van der Waals surface area contributed by atoms with Gasteiger partial charge in [-0.25, -0.2) is 0 Å². The molecule has 20 heavy (non-hydrogen) atoms. The van der Waals surface area contributed by atoms with Gasteiger partial charge in [-0.05, 0) is 42.5 Å². The van der Waals surface area contributed by atoms with Crippen LogP contribution in [0.4, 0.5) is 0 Å². The molecule has 0 aliphatic heterocycles. The Balaban J connectivity index is 2.18. The van der Waals surface area contributed by atoms with Crippen molar-refractivity contribution in [2.75, 3.05) is 7.11 Å². The lowest BCUT2D eigenvalue weighted by Crippen LogP contribution is -2.00. The van der Waals surface area contributed by atoms with Crippen molar-refractivity contribution in [3.8, 4) is 11.5 Å². The Kier molecular flexibility index (Phi) is 4.53. The van der Waals surface area contributed by atoms with E-state index >= 15 is 0 Å². The number of aliphatic carboxylic acids is 1. The summed E-state index contributed by atoms with van der Waals surface area (Å²) in [6.07, 6.45) is -0.192. The molecule has 4 nitrogen and oxygen atoms in total. The molecule has 2 aromatic carbocycles. The first-order valence-electron chi connectivity index (χ1n) is 5.94. The molecule has 2 aromatic rings. The molecule has 0 amide bonds. The van der Waals surface area contributed by atoms with Gasteiger partial charge in [0.2, 0.25) is 0 Å². The highest BCUT2D eigenvalue weighted by molar-refractivity contribution is 7.99. The van der Waals surface area contributed by atoms with Gasteiger partial charge in [0.15, 0.2) is 0 Å². The number of aromatic hydroxyl groups is 1. The number of hydrogen-bond donors (Lipinski definition) is 2. The van der Waals surface area contributed by atoms with Gasteiger partial charge in [0.05, 0.1) is 13.5 Å². The summed E-state index contributed by atoms with van der Waals surface area (Å²) in [6, 6.07) is 12.5. The molecule has 0 heterocycles. The Hall–Kier alpha value is -2.14. The molecule has 0 aliphatic rings. The molecule has 0 aliphatic carbocycles. The third-order valence-electron chi connectivity index (χ3n) is 2.69. The van der Waals surface area contributed by atoms with Gasteiger partial charge in [0, 0.05) is 15.4 Å². The number of methoxy groups -OCH3 is 1. The predicted octanol–water partition coefficient (Wildman–Crippen LogP) is 3.18. The minimum absolute atomic E-state index is 0.00600. The largest absolute Gasteiger partial charge is 0.508 e. The number of carboxylic acids is 1. The summed E-state index contributed by atoms with van der Waals surface area (Å²) in [4.78, 5) is 12.6.